The van der Waals surface area contributed by atoms with Crippen molar-refractivity contribution in [2.24, 2.45) is 0 Å². The fraction of sp³-hybridized carbons (Fsp3) is 0. The molecular formula is C16H10ClNO3. The van der Waals surface area contributed by atoms with Gasteiger partial charge in [0, 0.05) is 10.4 Å². The van der Waals surface area contributed by atoms with E-state index in [0.29, 0.717) is 16.3 Å². The first-order valence-electron chi connectivity index (χ1n) is 6.20. The summed E-state index contributed by atoms with van der Waals surface area (Å²) in [7, 11) is 0. The molecule has 4 nitrogen and oxygen atoms in total. The van der Waals surface area contributed by atoms with Crippen LogP contribution in [0.15, 0.2) is 54.6 Å². The van der Waals surface area contributed by atoms with Gasteiger partial charge in [0.1, 0.15) is 11.3 Å². The highest BCUT2D eigenvalue weighted by molar-refractivity contribution is 6.30. The van der Waals surface area contributed by atoms with Crippen molar-refractivity contribution >= 4 is 28.5 Å². The molecule has 1 N–H and O–H groups in total. The maximum Gasteiger partial charge on any atom is 0.341 e. The Hall–Kier alpha value is -2.59. The Morgan fingerprint density at radius 1 is 1.10 bits per heavy atom. The number of rotatable bonds is 3. The highest BCUT2D eigenvalue weighted by Gasteiger charge is 2.15. The number of carbonyl (C=O) groups is 1. The summed E-state index contributed by atoms with van der Waals surface area (Å²) in [6.45, 7) is 0. The van der Waals surface area contributed by atoms with E-state index in [1.807, 2.05) is 12.1 Å². The van der Waals surface area contributed by atoms with Gasteiger partial charge in [0.05, 0.1) is 5.52 Å². The van der Waals surface area contributed by atoms with Crippen molar-refractivity contribution in [3.63, 3.8) is 0 Å². The summed E-state index contributed by atoms with van der Waals surface area (Å²) in [5.74, 6) is -0.610. The predicted octanol–water partition coefficient (Wildman–Crippen LogP) is 4.38. The molecule has 0 atom stereocenters. The van der Waals surface area contributed by atoms with Crippen LogP contribution in [0.25, 0.3) is 10.9 Å². The second kappa shape index (κ2) is 5.42. The minimum Gasteiger partial charge on any atom is -0.477 e. The number of aromatic carboxylic acids is 1. The number of hydrogen-bond acceptors (Lipinski definition) is 3. The van der Waals surface area contributed by atoms with Crippen molar-refractivity contribution in [2.45, 2.75) is 0 Å². The third kappa shape index (κ3) is 2.80. The zero-order chi connectivity index (χ0) is 14.8. The minimum absolute atomic E-state index is 0.00803. The van der Waals surface area contributed by atoms with Crippen LogP contribution in [0.1, 0.15) is 10.4 Å². The van der Waals surface area contributed by atoms with Gasteiger partial charge in [-0.15, -0.1) is 0 Å². The Morgan fingerprint density at radius 3 is 2.67 bits per heavy atom. The van der Waals surface area contributed by atoms with Gasteiger partial charge in [0.2, 0.25) is 5.88 Å². The SMILES string of the molecule is O=C(O)c1cc2ccccc2nc1Oc1cccc(Cl)c1. The van der Waals surface area contributed by atoms with Crippen molar-refractivity contribution in [2.75, 3.05) is 0 Å². The molecule has 0 aliphatic heterocycles. The summed E-state index contributed by atoms with van der Waals surface area (Å²) in [4.78, 5) is 15.7. The summed E-state index contributed by atoms with van der Waals surface area (Å²) in [6, 6.07) is 15.5. The van der Waals surface area contributed by atoms with Gasteiger partial charge in [-0.3, -0.25) is 0 Å². The molecule has 5 heteroatoms. The van der Waals surface area contributed by atoms with Crippen molar-refractivity contribution < 1.29 is 14.6 Å². The van der Waals surface area contributed by atoms with Crippen LogP contribution in [-0.4, -0.2) is 16.1 Å². The number of ether oxygens (including phenoxy) is 1. The Balaban J connectivity index is 2.11. The second-order valence-corrected chi connectivity index (χ2v) is 4.83. The Labute approximate surface area is 125 Å². The fourth-order valence-corrected chi connectivity index (χ4v) is 2.15. The summed E-state index contributed by atoms with van der Waals surface area (Å²) in [6.07, 6.45) is 0. The van der Waals surface area contributed by atoms with Crippen LogP contribution < -0.4 is 4.74 Å². The van der Waals surface area contributed by atoms with Gasteiger partial charge in [-0.1, -0.05) is 35.9 Å². The lowest BCUT2D eigenvalue weighted by Crippen LogP contribution is -2.02. The third-order valence-electron chi connectivity index (χ3n) is 2.93. The van der Waals surface area contributed by atoms with Crippen LogP contribution in [0.4, 0.5) is 0 Å². The molecule has 0 bridgehead atoms. The van der Waals surface area contributed by atoms with Gasteiger partial charge in [-0.05, 0) is 30.3 Å². The molecule has 0 saturated heterocycles. The summed E-state index contributed by atoms with van der Waals surface area (Å²) in [5.41, 5.74) is 0.674. The topological polar surface area (TPSA) is 59.4 Å². The number of benzene rings is 2. The van der Waals surface area contributed by atoms with Gasteiger partial charge in [-0.2, -0.15) is 0 Å². The van der Waals surface area contributed by atoms with Crippen molar-refractivity contribution in [3.05, 3.63) is 65.2 Å². The van der Waals surface area contributed by atoms with Crippen LogP contribution in [0, 0.1) is 0 Å². The van der Waals surface area contributed by atoms with Crippen LogP contribution in [-0.2, 0) is 0 Å². The molecule has 1 aromatic heterocycles. The molecule has 0 unspecified atom stereocenters. The number of hydrogen-bond donors (Lipinski definition) is 1. The van der Waals surface area contributed by atoms with Crippen LogP contribution in [0.5, 0.6) is 11.6 Å². The molecule has 1 heterocycles. The highest BCUT2D eigenvalue weighted by Crippen LogP contribution is 2.28. The van der Waals surface area contributed by atoms with Gasteiger partial charge in [0.25, 0.3) is 0 Å². The Morgan fingerprint density at radius 2 is 1.90 bits per heavy atom. The zero-order valence-electron chi connectivity index (χ0n) is 10.8. The van der Waals surface area contributed by atoms with E-state index < -0.39 is 5.97 Å². The molecular weight excluding hydrogens is 290 g/mol. The van der Waals surface area contributed by atoms with E-state index >= 15 is 0 Å². The smallest absolute Gasteiger partial charge is 0.341 e. The lowest BCUT2D eigenvalue weighted by Gasteiger charge is -2.09. The molecule has 0 aliphatic rings. The van der Waals surface area contributed by atoms with E-state index in [1.165, 1.54) is 0 Å². The number of carboxylic acids is 1. The lowest BCUT2D eigenvalue weighted by atomic mass is 10.1. The minimum atomic E-state index is -1.09. The number of fused-ring (bicyclic) bond motifs is 1. The van der Waals surface area contributed by atoms with Crippen molar-refractivity contribution in [1.29, 1.82) is 0 Å². The summed E-state index contributed by atoms with van der Waals surface area (Å²) >= 11 is 5.89. The van der Waals surface area contributed by atoms with Gasteiger partial charge in [0.15, 0.2) is 0 Å². The number of aromatic nitrogens is 1. The lowest BCUT2D eigenvalue weighted by molar-refractivity contribution is 0.0693. The molecule has 0 radical (unpaired) electrons. The van der Waals surface area contributed by atoms with Gasteiger partial charge >= 0.3 is 5.97 Å². The van der Waals surface area contributed by atoms with Crippen molar-refractivity contribution in [1.82, 2.24) is 4.98 Å². The van der Waals surface area contributed by atoms with E-state index in [0.717, 1.165) is 5.39 Å². The van der Waals surface area contributed by atoms with Crippen LogP contribution in [0.3, 0.4) is 0 Å². The molecule has 2 aromatic carbocycles. The molecule has 0 aliphatic carbocycles. The first-order chi connectivity index (χ1) is 10.1. The fourth-order valence-electron chi connectivity index (χ4n) is 1.97. The Kier molecular flexibility index (Phi) is 3.46. The van der Waals surface area contributed by atoms with Crippen LogP contribution in [0.2, 0.25) is 5.02 Å². The Bertz CT molecular complexity index is 833. The monoisotopic (exact) mass is 299 g/mol. The van der Waals surface area contributed by atoms with E-state index in [-0.39, 0.29) is 11.4 Å². The molecule has 0 amide bonds. The molecule has 0 spiro atoms. The predicted molar refractivity (Wildman–Crippen MR) is 80.2 cm³/mol. The number of halogens is 1. The van der Waals surface area contributed by atoms with E-state index in [1.54, 1.807) is 42.5 Å². The molecule has 3 rings (SSSR count). The second-order valence-electron chi connectivity index (χ2n) is 4.40. The van der Waals surface area contributed by atoms with E-state index in [9.17, 15) is 9.90 Å². The average Bonchev–Trinajstić information content (AvgIpc) is 2.46. The van der Waals surface area contributed by atoms with Gasteiger partial charge < -0.3 is 9.84 Å². The first-order valence-corrected chi connectivity index (χ1v) is 6.58. The maximum atomic E-state index is 11.4. The first kappa shape index (κ1) is 13.4. The summed E-state index contributed by atoms with van der Waals surface area (Å²) < 4.78 is 5.58. The zero-order valence-corrected chi connectivity index (χ0v) is 11.5. The molecule has 21 heavy (non-hydrogen) atoms. The largest absolute Gasteiger partial charge is 0.477 e. The average molecular weight is 300 g/mol. The number of nitrogens with zero attached hydrogens (tertiary/aromatic N) is 1. The van der Waals surface area contributed by atoms with Gasteiger partial charge in [-0.25, -0.2) is 9.78 Å². The number of para-hydroxylation sites is 1. The molecule has 0 fully saturated rings. The highest BCUT2D eigenvalue weighted by atomic mass is 35.5. The quantitative estimate of drug-likeness (QED) is 0.779. The normalized spacial score (nSPS) is 10.5. The third-order valence-corrected chi connectivity index (χ3v) is 3.17. The van der Waals surface area contributed by atoms with Crippen LogP contribution >= 0.6 is 11.6 Å². The molecule has 0 saturated carbocycles. The standard InChI is InChI=1S/C16H10ClNO3/c17-11-5-3-6-12(9-11)21-15-13(16(19)20)8-10-4-1-2-7-14(10)18-15/h1-9H,(H,19,20). The summed E-state index contributed by atoms with van der Waals surface area (Å²) in [5, 5.41) is 10.6. The molecule has 3 aromatic rings. The van der Waals surface area contributed by atoms with Crippen molar-refractivity contribution in [3.8, 4) is 11.6 Å². The van der Waals surface area contributed by atoms with E-state index in [2.05, 4.69) is 4.98 Å². The molecule has 104 valence electrons. The van der Waals surface area contributed by atoms with E-state index in [4.69, 9.17) is 16.3 Å². The number of pyridine rings is 1. The maximum absolute atomic E-state index is 11.4. The number of carboxylic acid groups (broad SMARTS) is 1.